The smallest absolute Gasteiger partial charge is 0.135 e. The monoisotopic (exact) mass is 222 g/mol. The minimum absolute atomic E-state index is 0.300. The first-order valence-electron chi connectivity index (χ1n) is 5.87. The van der Waals surface area contributed by atoms with Crippen LogP contribution in [0.4, 0.5) is 11.6 Å². The molecule has 0 radical (unpaired) electrons. The third-order valence-corrected chi connectivity index (χ3v) is 2.31. The van der Waals surface area contributed by atoms with Crippen molar-refractivity contribution in [1.29, 1.82) is 0 Å². The van der Waals surface area contributed by atoms with Crippen LogP contribution in [0.15, 0.2) is 6.07 Å². The maximum absolute atomic E-state index is 5.74. The van der Waals surface area contributed by atoms with E-state index in [1.54, 1.807) is 6.07 Å². The maximum atomic E-state index is 5.74. The Balaban J connectivity index is 2.65. The first-order chi connectivity index (χ1) is 7.49. The van der Waals surface area contributed by atoms with E-state index in [1.807, 2.05) is 0 Å². The van der Waals surface area contributed by atoms with Gasteiger partial charge in [0.1, 0.15) is 17.5 Å². The van der Waals surface area contributed by atoms with Crippen LogP contribution in [0.2, 0.25) is 0 Å². The highest BCUT2D eigenvalue weighted by Gasteiger charge is 2.06. The molecule has 1 heterocycles. The highest BCUT2D eigenvalue weighted by molar-refractivity contribution is 5.44. The van der Waals surface area contributed by atoms with Gasteiger partial charge < -0.3 is 11.1 Å². The Kier molecular flexibility index (Phi) is 4.52. The first kappa shape index (κ1) is 12.7. The van der Waals surface area contributed by atoms with E-state index >= 15 is 0 Å². The summed E-state index contributed by atoms with van der Waals surface area (Å²) in [7, 11) is 0. The lowest BCUT2D eigenvalue weighted by atomic mass is 10.1. The Morgan fingerprint density at radius 3 is 2.50 bits per heavy atom. The van der Waals surface area contributed by atoms with Gasteiger partial charge in [0.25, 0.3) is 0 Å². The normalized spacial score (nSPS) is 11.1. The molecule has 4 nitrogen and oxygen atoms in total. The van der Waals surface area contributed by atoms with E-state index in [0.717, 1.165) is 24.6 Å². The van der Waals surface area contributed by atoms with Crippen molar-refractivity contribution in [2.24, 2.45) is 5.92 Å². The molecule has 0 aliphatic carbocycles. The van der Waals surface area contributed by atoms with E-state index in [9.17, 15) is 0 Å². The second kappa shape index (κ2) is 5.68. The Bertz CT molecular complexity index is 334. The number of nitrogen functional groups attached to an aromatic ring is 1. The SMILES string of the molecule is CC(C)CCNc1cc(N)nc(C(C)C)n1. The van der Waals surface area contributed by atoms with Crippen LogP contribution in [0, 0.1) is 5.92 Å². The zero-order valence-electron chi connectivity index (χ0n) is 10.6. The Morgan fingerprint density at radius 1 is 1.25 bits per heavy atom. The Labute approximate surface area is 97.7 Å². The summed E-state index contributed by atoms with van der Waals surface area (Å²) in [5.41, 5.74) is 5.74. The van der Waals surface area contributed by atoms with Gasteiger partial charge in [0.15, 0.2) is 0 Å². The summed E-state index contributed by atoms with van der Waals surface area (Å²) < 4.78 is 0. The number of aromatic nitrogens is 2. The molecule has 0 amide bonds. The van der Waals surface area contributed by atoms with Crippen LogP contribution in [-0.4, -0.2) is 16.5 Å². The standard InChI is InChI=1S/C12H22N4/c1-8(2)5-6-14-11-7-10(13)15-12(16-11)9(3)4/h7-9H,5-6H2,1-4H3,(H3,13,14,15,16). The van der Waals surface area contributed by atoms with E-state index in [4.69, 9.17) is 5.73 Å². The van der Waals surface area contributed by atoms with E-state index in [-0.39, 0.29) is 0 Å². The van der Waals surface area contributed by atoms with Crippen LogP contribution in [0.5, 0.6) is 0 Å². The number of hydrogen-bond donors (Lipinski definition) is 2. The number of anilines is 2. The molecule has 0 saturated heterocycles. The third-order valence-electron chi connectivity index (χ3n) is 2.31. The van der Waals surface area contributed by atoms with Gasteiger partial charge in [0, 0.05) is 18.5 Å². The largest absolute Gasteiger partial charge is 0.384 e. The summed E-state index contributed by atoms with van der Waals surface area (Å²) in [6.45, 7) is 9.45. The van der Waals surface area contributed by atoms with Crippen molar-refractivity contribution in [2.45, 2.75) is 40.0 Å². The fourth-order valence-corrected chi connectivity index (χ4v) is 1.32. The Hall–Kier alpha value is -1.32. The van der Waals surface area contributed by atoms with Gasteiger partial charge in [-0.3, -0.25) is 0 Å². The fraction of sp³-hybridized carbons (Fsp3) is 0.667. The summed E-state index contributed by atoms with van der Waals surface area (Å²) in [5.74, 6) is 3.15. The highest BCUT2D eigenvalue weighted by Crippen LogP contribution is 2.15. The molecule has 90 valence electrons. The zero-order chi connectivity index (χ0) is 12.1. The molecule has 0 bridgehead atoms. The molecule has 0 atom stereocenters. The molecule has 0 spiro atoms. The summed E-state index contributed by atoms with van der Waals surface area (Å²) in [6.07, 6.45) is 1.13. The molecule has 0 saturated carbocycles. The molecular formula is C12H22N4. The molecule has 1 rings (SSSR count). The quantitative estimate of drug-likeness (QED) is 0.804. The third kappa shape index (κ3) is 4.04. The van der Waals surface area contributed by atoms with Crippen molar-refractivity contribution in [2.75, 3.05) is 17.6 Å². The van der Waals surface area contributed by atoms with Crippen molar-refractivity contribution in [1.82, 2.24) is 9.97 Å². The van der Waals surface area contributed by atoms with Crippen LogP contribution in [0.1, 0.15) is 45.9 Å². The lowest BCUT2D eigenvalue weighted by molar-refractivity contribution is 0.606. The molecule has 1 aromatic rings. The van der Waals surface area contributed by atoms with Gasteiger partial charge >= 0.3 is 0 Å². The lowest BCUT2D eigenvalue weighted by Gasteiger charge is -2.10. The molecule has 3 N–H and O–H groups in total. The summed E-state index contributed by atoms with van der Waals surface area (Å²) >= 11 is 0. The van der Waals surface area contributed by atoms with Crippen LogP contribution in [-0.2, 0) is 0 Å². The zero-order valence-corrected chi connectivity index (χ0v) is 10.6. The molecule has 0 unspecified atom stereocenters. The molecule has 0 aromatic carbocycles. The predicted octanol–water partition coefficient (Wildman–Crippen LogP) is 2.64. The van der Waals surface area contributed by atoms with Gasteiger partial charge in [0.05, 0.1) is 0 Å². The number of nitrogens with one attached hydrogen (secondary N) is 1. The topological polar surface area (TPSA) is 63.8 Å². The predicted molar refractivity (Wildman–Crippen MR) is 68.5 cm³/mol. The number of nitrogens with two attached hydrogens (primary N) is 1. The van der Waals surface area contributed by atoms with Crippen LogP contribution in [0.3, 0.4) is 0 Å². The van der Waals surface area contributed by atoms with Gasteiger partial charge in [-0.2, -0.15) is 0 Å². The van der Waals surface area contributed by atoms with Crippen LogP contribution >= 0.6 is 0 Å². The molecule has 1 aromatic heterocycles. The average molecular weight is 222 g/mol. The van der Waals surface area contributed by atoms with E-state index in [0.29, 0.717) is 17.7 Å². The van der Waals surface area contributed by atoms with Crippen molar-refractivity contribution in [3.8, 4) is 0 Å². The summed E-state index contributed by atoms with van der Waals surface area (Å²) in [4.78, 5) is 8.63. The number of hydrogen-bond acceptors (Lipinski definition) is 4. The van der Waals surface area contributed by atoms with Gasteiger partial charge in [-0.05, 0) is 12.3 Å². The molecule has 4 heteroatoms. The van der Waals surface area contributed by atoms with E-state index < -0.39 is 0 Å². The van der Waals surface area contributed by atoms with Gasteiger partial charge in [-0.25, -0.2) is 9.97 Å². The summed E-state index contributed by atoms with van der Waals surface area (Å²) in [6, 6.07) is 1.78. The van der Waals surface area contributed by atoms with E-state index in [2.05, 4.69) is 43.0 Å². The second-order valence-corrected chi connectivity index (χ2v) is 4.80. The minimum Gasteiger partial charge on any atom is -0.384 e. The van der Waals surface area contributed by atoms with Crippen LogP contribution in [0.25, 0.3) is 0 Å². The fourth-order valence-electron chi connectivity index (χ4n) is 1.32. The molecule has 0 fully saturated rings. The van der Waals surface area contributed by atoms with Crippen molar-refractivity contribution in [3.05, 3.63) is 11.9 Å². The average Bonchev–Trinajstić information content (AvgIpc) is 2.16. The van der Waals surface area contributed by atoms with Crippen molar-refractivity contribution in [3.63, 3.8) is 0 Å². The molecular weight excluding hydrogens is 200 g/mol. The first-order valence-corrected chi connectivity index (χ1v) is 5.87. The maximum Gasteiger partial charge on any atom is 0.135 e. The van der Waals surface area contributed by atoms with Crippen molar-refractivity contribution >= 4 is 11.6 Å². The van der Waals surface area contributed by atoms with Gasteiger partial charge in [-0.1, -0.05) is 27.7 Å². The van der Waals surface area contributed by atoms with Crippen molar-refractivity contribution < 1.29 is 0 Å². The molecule has 16 heavy (non-hydrogen) atoms. The highest BCUT2D eigenvalue weighted by atomic mass is 15.0. The Morgan fingerprint density at radius 2 is 1.94 bits per heavy atom. The van der Waals surface area contributed by atoms with E-state index in [1.165, 1.54) is 0 Å². The molecule has 0 aliphatic heterocycles. The molecule has 0 aliphatic rings. The van der Waals surface area contributed by atoms with Crippen LogP contribution < -0.4 is 11.1 Å². The summed E-state index contributed by atoms with van der Waals surface area (Å²) in [5, 5.41) is 3.28. The number of rotatable bonds is 5. The second-order valence-electron chi connectivity index (χ2n) is 4.80. The lowest BCUT2D eigenvalue weighted by Crippen LogP contribution is -2.09. The van der Waals surface area contributed by atoms with Gasteiger partial charge in [0.2, 0.25) is 0 Å². The minimum atomic E-state index is 0.300. The number of nitrogens with zero attached hydrogens (tertiary/aromatic N) is 2. The van der Waals surface area contributed by atoms with Gasteiger partial charge in [-0.15, -0.1) is 0 Å².